The van der Waals surface area contributed by atoms with E-state index in [-0.39, 0.29) is 0 Å². The largest absolute Gasteiger partial charge is 0.333 e. The van der Waals surface area contributed by atoms with Crippen molar-refractivity contribution in [1.29, 1.82) is 0 Å². The third-order valence-corrected chi connectivity index (χ3v) is 4.24. The highest BCUT2D eigenvalue weighted by Gasteiger charge is 2.37. The van der Waals surface area contributed by atoms with E-state index in [1.54, 1.807) is 5.32 Å². The second-order valence-corrected chi connectivity index (χ2v) is 6.18. The van der Waals surface area contributed by atoms with Gasteiger partial charge in [0.2, 0.25) is 5.91 Å². The van der Waals surface area contributed by atoms with Crippen molar-refractivity contribution in [3.63, 3.8) is 0 Å². The molecule has 2 unspecified atom stereocenters. The summed E-state index contributed by atoms with van der Waals surface area (Å²) in [6.07, 6.45) is 0.689. The van der Waals surface area contributed by atoms with E-state index >= 15 is 0 Å². The molecule has 3 N–H and O–H groups in total. The summed E-state index contributed by atoms with van der Waals surface area (Å²) in [6, 6.07) is 0. The molecule has 0 spiro atoms. The average molecular weight is 273 g/mol. The lowest BCUT2D eigenvalue weighted by atomic mass is 10.4. The summed E-state index contributed by atoms with van der Waals surface area (Å²) in [5, 5.41) is -2.39. The first kappa shape index (κ1) is 15.0. The maximum atomic E-state index is 10.8. The van der Waals surface area contributed by atoms with Crippen LogP contribution in [0.15, 0.2) is 12.7 Å². The van der Waals surface area contributed by atoms with Crippen LogP contribution in [-0.2, 0) is 25.0 Å². The zero-order valence-electron chi connectivity index (χ0n) is 8.19. The van der Waals surface area contributed by atoms with Crippen molar-refractivity contribution in [3.8, 4) is 0 Å². The van der Waals surface area contributed by atoms with E-state index in [1.807, 2.05) is 0 Å². The van der Waals surface area contributed by atoms with Gasteiger partial charge in [-0.25, -0.2) is 0 Å². The predicted octanol–water partition coefficient (Wildman–Crippen LogP) is -1.22. The minimum absolute atomic E-state index is 0.689. The third kappa shape index (κ3) is 4.26. The molecule has 0 saturated carbocycles. The molecule has 16 heavy (non-hydrogen) atoms. The van der Waals surface area contributed by atoms with Crippen molar-refractivity contribution in [3.05, 3.63) is 12.7 Å². The molecule has 0 heterocycles. The Balaban J connectivity index is 5.29. The summed E-state index contributed by atoms with van der Waals surface area (Å²) in [5.41, 5.74) is 0. The Morgan fingerprint density at radius 1 is 1.25 bits per heavy atom. The number of nitrogens with one attached hydrogen (secondary N) is 1. The van der Waals surface area contributed by atoms with Gasteiger partial charge in [0.1, 0.15) is 5.25 Å². The predicted molar refractivity (Wildman–Crippen MR) is 54.7 cm³/mol. The molecule has 10 heteroatoms. The molecule has 0 aliphatic heterocycles. The average Bonchev–Trinajstić information content (AvgIpc) is 2.09. The number of carbonyl (C=O) groups excluding carboxylic acids is 1. The lowest BCUT2D eigenvalue weighted by Gasteiger charge is -2.19. The van der Waals surface area contributed by atoms with E-state index in [9.17, 15) is 21.6 Å². The highest BCUT2D eigenvalue weighted by molar-refractivity contribution is 7.90. The van der Waals surface area contributed by atoms with Crippen LogP contribution in [0.4, 0.5) is 0 Å². The van der Waals surface area contributed by atoms with Gasteiger partial charge >= 0.3 is 0 Å². The molecule has 0 fully saturated rings. The van der Waals surface area contributed by atoms with Crippen molar-refractivity contribution >= 4 is 26.1 Å². The summed E-state index contributed by atoms with van der Waals surface area (Å²) in [4.78, 5) is 10.8. The van der Waals surface area contributed by atoms with Gasteiger partial charge in [0.15, 0.2) is 5.37 Å². The molecule has 8 nitrogen and oxygen atoms in total. The summed E-state index contributed by atoms with van der Waals surface area (Å²) in [5.74, 6) is -1.00. The molecule has 0 aromatic rings. The molecule has 0 aliphatic rings. The zero-order valence-corrected chi connectivity index (χ0v) is 9.82. The fourth-order valence-corrected chi connectivity index (χ4v) is 2.76. The van der Waals surface area contributed by atoms with Crippen LogP contribution in [0.3, 0.4) is 0 Å². The summed E-state index contributed by atoms with van der Waals surface area (Å²) < 4.78 is 60.3. The molecule has 1 amide bonds. The quantitative estimate of drug-likeness (QED) is 0.421. The molecular formula is C6H11NO7S2. The van der Waals surface area contributed by atoms with Crippen LogP contribution in [0.1, 0.15) is 6.92 Å². The molecule has 0 aliphatic carbocycles. The minimum Gasteiger partial charge on any atom is -0.333 e. The van der Waals surface area contributed by atoms with Crippen LogP contribution in [0.25, 0.3) is 0 Å². The number of hydrogen-bond acceptors (Lipinski definition) is 5. The van der Waals surface area contributed by atoms with Crippen LogP contribution in [0.5, 0.6) is 0 Å². The second-order valence-electron chi connectivity index (χ2n) is 2.87. The van der Waals surface area contributed by atoms with Crippen molar-refractivity contribution in [2.24, 2.45) is 0 Å². The highest BCUT2D eigenvalue weighted by atomic mass is 32.2. The minimum atomic E-state index is -4.87. The van der Waals surface area contributed by atoms with Crippen LogP contribution in [-0.4, -0.2) is 42.5 Å². The lowest BCUT2D eigenvalue weighted by molar-refractivity contribution is -0.116. The normalized spacial score (nSPS) is 16.2. The Morgan fingerprint density at radius 3 is 1.94 bits per heavy atom. The third-order valence-electron chi connectivity index (χ3n) is 1.69. The SMILES string of the molecule is C=CC(=O)NC(C(C)S(=O)(=O)O)S(=O)(=O)O. The van der Waals surface area contributed by atoms with Gasteiger partial charge in [0, 0.05) is 0 Å². The van der Waals surface area contributed by atoms with Crippen LogP contribution >= 0.6 is 0 Å². The maximum absolute atomic E-state index is 10.8. The van der Waals surface area contributed by atoms with E-state index in [2.05, 4.69) is 6.58 Å². The van der Waals surface area contributed by atoms with Gasteiger partial charge in [-0.15, -0.1) is 0 Å². The van der Waals surface area contributed by atoms with Crippen molar-refractivity contribution in [2.45, 2.75) is 17.5 Å². The first-order valence-corrected chi connectivity index (χ1v) is 6.86. The monoisotopic (exact) mass is 273 g/mol. The molecule has 0 aromatic heterocycles. The lowest BCUT2D eigenvalue weighted by Crippen LogP contribution is -2.49. The Bertz CT molecular complexity index is 477. The van der Waals surface area contributed by atoms with Crippen LogP contribution < -0.4 is 5.32 Å². The number of amides is 1. The Labute approximate surface area is 92.8 Å². The summed E-state index contributed by atoms with van der Waals surface area (Å²) >= 11 is 0. The number of carbonyl (C=O) groups is 1. The molecule has 0 aromatic carbocycles. The van der Waals surface area contributed by atoms with Gasteiger partial charge in [-0.05, 0) is 13.0 Å². The zero-order chi connectivity index (χ0) is 13.1. The molecule has 0 saturated heterocycles. The summed E-state index contributed by atoms with van der Waals surface area (Å²) in [7, 11) is -9.60. The topological polar surface area (TPSA) is 138 Å². The van der Waals surface area contributed by atoms with E-state index < -0.39 is 36.8 Å². The Kier molecular flexibility index (Phi) is 4.61. The van der Waals surface area contributed by atoms with E-state index in [4.69, 9.17) is 9.11 Å². The first-order chi connectivity index (χ1) is 7.00. The number of rotatable bonds is 5. The molecule has 94 valence electrons. The molecule has 2 atom stereocenters. The van der Waals surface area contributed by atoms with E-state index in [0.717, 1.165) is 6.92 Å². The molecule has 0 rings (SSSR count). The summed E-state index contributed by atoms with van der Waals surface area (Å²) in [6.45, 7) is 3.83. The van der Waals surface area contributed by atoms with Gasteiger partial charge < -0.3 is 5.32 Å². The second kappa shape index (κ2) is 4.91. The van der Waals surface area contributed by atoms with Crippen molar-refractivity contribution < 1.29 is 30.7 Å². The van der Waals surface area contributed by atoms with Gasteiger partial charge in [0.25, 0.3) is 20.2 Å². The Hall–Kier alpha value is -0.970. The van der Waals surface area contributed by atoms with Gasteiger partial charge in [0.05, 0.1) is 0 Å². The van der Waals surface area contributed by atoms with Gasteiger partial charge in [-0.2, -0.15) is 16.8 Å². The smallest absolute Gasteiger partial charge is 0.287 e. The molecular weight excluding hydrogens is 262 g/mol. The standard InChI is InChI=1S/C6H11NO7S2/c1-3-5(8)7-6(16(12,13)14)4(2)15(9,10)11/h3-4,6H,1H2,2H3,(H,7,8)(H,9,10,11)(H,12,13,14). The van der Waals surface area contributed by atoms with Gasteiger partial charge in [-0.1, -0.05) is 6.58 Å². The fraction of sp³-hybridized carbons (Fsp3) is 0.500. The highest BCUT2D eigenvalue weighted by Crippen LogP contribution is 2.09. The first-order valence-electron chi connectivity index (χ1n) is 3.85. The maximum Gasteiger partial charge on any atom is 0.287 e. The van der Waals surface area contributed by atoms with E-state index in [0.29, 0.717) is 6.08 Å². The molecule has 0 bridgehead atoms. The number of hydrogen-bond donors (Lipinski definition) is 3. The van der Waals surface area contributed by atoms with Crippen LogP contribution in [0.2, 0.25) is 0 Å². The van der Waals surface area contributed by atoms with Crippen molar-refractivity contribution in [2.75, 3.05) is 0 Å². The fourth-order valence-electron chi connectivity index (χ4n) is 0.789. The van der Waals surface area contributed by atoms with E-state index in [1.165, 1.54) is 0 Å². The van der Waals surface area contributed by atoms with Crippen LogP contribution in [0, 0.1) is 0 Å². The Morgan fingerprint density at radius 2 is 1.69 bits per heavy atom. The molecule has 0 radical (unpaired) electrons. The van der Waals surface area contributed by atoms with Crippen molar-refractivity contribution in [1.82, 2.24) is 5.32 Å². The van der Waals surface area contributed by atoms with Gasteiger partial charge in [-0.3, -0.25) is 13.9 Å².